The first-order valence-corrected chi connectivity index (χ1v) is 17.1. The van der Waals surface area contributed by atoms with Gasteiger partial charge in [-0.2, -0.15) is 5.26 Å². The number of rotatable bonds is 8. The van der Waals surface area contributed by atoms with Crippen molar-refractivity contribution < 1.29 is 24.0 Å². The Morgan fingerprint density at radius 3 is 2.46 bits per heavy atom. The molecular formula is C34H34N8O5S. The van der Waals surface area contributed by atoms with Crippen LogP contribution in [0.2, 0.25) is 0 Å². The van der Waals surface area contributed by atoms with Gasteiger partial charge in [0.2, 0.25) is 22.9 Å². The van der Waals surface area contributed by atoms with E-state index in [9.17, 15) is 24.0 Å². The molecule has 5 amide bonds. The number of nitrogens with zero attached hydrogens (tertiary/aromatic N) is 6. The highest BCUT2D eigenvalue weighted by Crippen LogP contribution is 2.35. The molecule has 2 saturated heterocycles. The molecule has 2 N–H and O–H groups in total. The van der Waals surface area contributed by atoms with Gasteiger partial charge in [0.05, 0.1) is 34.1 Å². The third-order valence-corrected chi connectivity index (χ3v) is 10.3. The van der Waals surface area contributed by atoms with Crippen molar-refractivity contribution in [3.8, 4) is 17.3 Å². The Bertz CT molecular complexity index is 1820. The van der Waals surface area contributed by atoms with Crippen LogP contribution >= 0.6 is 11.3 Å². The summed E-state index contributed by atoms with van der Waals surface area (Å²) in [4.78, 5) is 74.4. The van der Waals surface area contributed by atoms with E-state index in [-0.39, 0.29) is 42.5 Å². The minimum Gasteiger partial charge on any atom is -0.367 e. The van der Waals surface area contributed by atoms with Gasteiger partial charge in [0.1, 0.15) is 12.6 Å². The number of nitriles is 1. The first kappa shape index (κ1) is 31.5. The average molecular weight is 667 g/mol. The van der Waals surface area contributed by atoms with Crippen LogP contribution in [0, 0.1) is 11.3 Å². The molecule has 0 radical (unpaired) electrons. The lowest BCUT2D eigenvalue weighted by Crippen LogP contribution is -2.54. The van der Waals surface area contributed by atoms with Crippen molar-refractivity contribution in [2.45, 2.75) is 50.6 Å². The maximum atomic E-state index is 13.7. The first-order chi connectivity index (χ1) is 23.3. The standard InChI is InChI=1S/C34H34N8O5S/c35-18-21-8-10-22(11-9-21)25-20-48-34(36-25)41(38-23-4-1-2-5-23)19-29(44)40-16-14-39(15-17-40)26-7-3-6-24-30(26)33(47)42(32(24)46)27-12-13-28(43)37-31(27)45/h3,6-11,20,23,27,38H,1-2,4-5,12-17,19H2,(H,37,43,45). The lowest BCUT2D eigenvalue weighted by atomic mass is 10.0. The van der Waals surface area contributed by atoms with Crippen molar-refractivity contribution in [3.05, 3.63) is 64.5 Å². The topological polar surface area (TPSA) is 159 Å². The predicted octanol–water partition coefficient (Wildman–Crippen LogP) is 2.69. The number of fused-ring (bicyclic) bond motifs is 1. The molecule has 1 aliphatic carbocycles. The van der Waals surface area contributed by atoms with Crippen LogP contribution in [0.4, 0.5) is 10.8 Å². The Balaban J connectivity index is 1.03. The number of thiazole rings is 1. The predicted molar refractivity (Wildman–Crippen MR) is 177 cm³/mol. The lowest BCUT2D eigenvalue weighted by Gasteiger charge is -2.38. The monoisotopic (exact) mass is 666 g/mol. The number of aromatic nitrogens is 1. The summed E-state index contributed by atoms with van der Waals surface area (Å²) in [5, 5.41) is 15.9. The molecule has 1 unspecified atom stereocenters. The summed E-state index contributed by atoms with van der Waals surface area (Å²) in [6, 6.07) is 13.7. The molecule has 1 saturated carbocycles. The highest BCUT2D eigenvalue weighted by molar-refractivity contribution is 7.14. The second kappa shape index (κ2) is 13.2. The fourth-order valence-corrected chi connectivity index (χ4v) is 7.67. The number of hydrogen-bond acceptors (Lipinski definition) is 11. The van der Waals surface area contributed by atoms with Gasteiger partial charge in [-0.15, -0.1) is 11.3 Å². The molecule has 3 aromatic rings. The van der Waals surface area contributed by atoms with Gasteiger partial charge in [-0.3, -0.25) is 39.2 Å². The van der Waals surface area contributed by atoms with Crippen LogP contribution in [0.1, 0.15) is 64.8 Å². The molecule has 13 nitrogen and oxygen atoms in total. The molecule has 4 aliphatic rings. The van der Waals surface area contributed by atoms with E-state index in [4.69, 9.17) is 10.2 Å². The van der Waals surface area contributed by atoms with E-state index in [1.807, 2.05) is 27.4 Å². The Kier molecular flexibility index (Phi) is 8.63. The minimum absolute atomic E-state index is 0.0520. The van der Waals surface area contributed by atoms with Crippen LogP contribution in [-0.4, -0.2) is 89.1 Å². The fourth-order valence-electron chi connectivity index (χ4n) is 6.87. The van der Waals surface area contributed by atoms with E-state index in [0.717, 1.165) is 41.8 Å². The van der Waals surface area contributed by atoms with E-state index >= 15 is 0 Å². The normalized spacial score (nSPS) is 19.8. The van der Waals surface area contributed by atoms with Gasteiger partial charge in [-0.1, -0.05) is 31.0 Å². The number of piperidine rings is 1. The molecule has 1 atom stereocenters. The van der Waals surface area contributed by atoms with E-state index < -0.39 is 29.7 Å². The number of hydrazine groups is 1. The SMILES string of the molecule is N#Cc1ccc(-c2csc(N(CC(=O)N3CCN(c4cccc5c4C(=O)N(C4CCC(=O)NC4=O)C5=O)CC3)NC3CCCC3)n2)cc1. The summed E-state index contributed by atoms with van der Waals surface area (Å²) in [5.41, 5.74) is 6.88. The molecule has 1 aromatic heterocycles. The summed E-state index contributed by atoms with van der Waals surface area (Å²) in [5.74, 6) is -2.20. The molecule has 0 bridgehead atoms. The van der Waals surface area contributed by atoms with Gasteiger partial charge < -0.3 is 9.80 Å². The molecule has 3 fully saturated rings. The van der Waals surface area contributed by atoms with Gasteiger partial charge in [0.25, 0.3) is 11.8 Å². The van der Waals surface area contributed by atoms with Crippen molar-refractivity contribution >= 4 is 51.7 Å². The largest absolute Gasteiger partial charge is 0.367 e. The summed E-state index contributed by atoms with van der Waals surface area (Å²) in [6.45, 7) is 1.86. The van der Waals surface area contributed by atoms with Gasteiger partial charge >= 0.3 is 0 Å². The van der Waals surface area contributed by atoms with Gasteiger partial charge in [0, 0.05) is 49.6 Å². The highest BCUT2D eigenvalue weighted by atomic mass is 32.1. The molecule has 7 rings (SSSR count). The van der Waals surface area contributed by atoms with E-state index in [2.05, 4.69) is 16.8 Å². The number of anilines is 2. The Hall–Kier alpha value is -5.13. The second-order valence-corrected chi connectivity index (χ2v) is 13.3. The van der Waals surface area contributed by atoms with Crippen molar-refractivity contribution in [3.63, 3.8) is 0 Å². The third kappa shape index (κ3) is 6.02. The summed E-state index contributed by atoms with van der Waals surface area (Å²) in [7, 11) is 0. The molecular weight excluding hydrogens is 632 g/mol. The first-order valence-electron chi connectivity index (χ1n) is 16.2. The number of amides is 5. The van der Waals surface area contributed by atoms with E-state index in [1.165, 1.54) is 11.3 Å². The van der Waals surface area contributed by atoms with Crippen LogP contribution < -0.4 is 20.7 Å². The molecule has 48 heavy (non-hydrogen) atoms. The molecule has 246 valence electrons. The number of piperazine rings is 1. The van der Waals surface area contributed by atoms with Crippen molar-refractivity contribution in [1.82, 2.24) is 25.5 Å². The number of imide groups is 2. The zero-order valence-electron chi connectivity index (χ0n) is 26.2. The van der Waals surface area contributed by atoms with Crippen molar-refractivity contribution in [2.75, 3.05) is 42.6 Å². The summed E-state index contributed by atoms with van der Waals surface area (Å²) < 4.78 is 0. The Morgan fingerprint density at radius 1 is 1.00 bits per heavy atom. The Labute approximate surface area is 281 Å². The lowest BCUT2D eigenvalue weighted by molar-refractivity contribution is -0.136. The fraction of sp³-hybridized carbons (Fsp3) is 0.382. The molecule has 3 aliphatic heterocycles. The summed E-state index contributed by atoms with van der Waals surface area (Å²) in [6.07, 6.45) is 4.48. The number of carbonyl (C=O) groups excluding carboxylic acids is 5. The maximum absolute atomic E-state index is 13.7. The van der Waals surface area contributed by atoms with Crippen molar-refractivity contribution in [2.24, 2.45) is 0 Å². The number of hydrogen-bond donors (Lipinski definition) is 2. The van der Waals surface area contributed by atoms with E-state index in [0.29, 0.717) is 42.6 Å². The molecule has 0 spiro atoms. The average Bonchev–Trinajstić information content (AvgIpc) is 3.86. The maximum Gasteiger partial charge on any atom is 0.264 e. The van der Waals surface area contributed by atoms with Crippen LogP contribution in [0.5, 0.6) is 0 Å². The van der Waals surface area contributed by atoms with Crippen molar-refractivity contribution in [1.29, 1.82) is 5.26 Å². The second-order valence-electron chi connectivity index (χ2n) is 12.4. The van der Waals surface area contributed by atoms with Gasteiger partial charge in [-0.05, 0) is 43.5 Å². The van der Waals surface area contributed by atoms with Crippen LogP contribution in [0.15, 0.2) is 47.8 Å². The third-order valence-electron chi connectivity index (χ3n) is 9.44. The van der Waals surface area contributed by atoms with Crippen LogP contribution in [0.25, 0.3) is 11.3 Å². The zero-order valence-corrected chi connectivity index (χ0v) is 27.0. The minimum atomic E-state index is -1.03. The van der Waals surface area contributed by atoms with Crippen LogP contribution in [0.3, 0.4) is 0 Å². The Morgan fingerprint density at radius 2 is 1.75 bits per heavy atom. The highest BCUT2D eigenvalue weighted by Gasteiger charge is 2.46. The number of nitrogens with one attached hydrogen (secondary N) is 2. The quantitative estimate of drug-likeness (QED) is 0.270. The molecule has 14 heteroatoms. The van der Waals surface area contributed by atoms with Crippen LogP contribution in [-0.2, 0) is 14.4 Å². The zero-order chi connectivity index (χ0) is 33.4. The molecule has 4 heterocycles. The number of carbonyl (C=O) groups is 5. The van der Waals surface area contributed by atoms with Gasteiger partial charge in [-0.25, -0.2) is 10.4 Å². The molecule has 2 aromatic carbocycles. The van der Waals surface area contributed by atoms with Gasteiger partial charge in [0.15, 0.2) is 0 Å². The smallest absolute Gasteiger partial charge is 0.264 e. The number of benzene rings is 2. The summed E-state index contributed by atoms with van der Waals surface area (Å²) >= 11 is 1.46. The van der Waals surface area contributed by atoms with E-state index in [1.54, 1.807) is 35.2 Å².